The van der Waals surface area contributed by atoms with Crippen LogP contribution in [0.25, 0.3) is 0 Å². The number of halogens is 1. The van der Waals surface area contributed by atoms with Crippen molar-refractivity contribution in [2.24, 2.45) is 0 Å². The van der Waals surface area contributed by atoms with Crippen LogP contribution in [0.2, 0.25) is 0 Å². The molecule has 0 fully saturated rings. The number of aliphatic carboxylic acids is 1. The highest BCUT2D eigenvalue weighted by atomic mass is 32.2. The number of carboxylic acids is 1. The van der Waals surface area contributed by atoms with Gasteiger partial charge in [0, 0.05) is 6.26 Å². The van der Waals surface area contributed by atoms with E-state index in [-0.39, 0.29) is 23.3 Å². The Morgan fingerprint density at radius 2 is 2.00 bits per heavy atom. The number of hydrogen-bond acceptors (Lipinski definition) is 4. The van der Waals surface area contributed by atoms with E-state index in [0.717, 1.165) is 6.26 Å². The first kappa shape index (κ1) is 17.1. The standard InChI is InChI=1S/C13H16FNO5S/c1-8-4-3-5-9(11(8)14)12(16)15-10(13(17)18)6-7-21(2,19)20/h3-5,10H,6-7H2,1-2H3,(H,15,16)(H,17,18). The minimum Gasteiger partial charge on any atom is -0.480 e. The second kappa shape index (κ2) is 6.66. The van der Waals surface area contributed by atoms with Crippen LogP contribution in [0.1, 0.15) is 22.3 Å². The molecular weight excluding hydrogens is 301 g/mol. The SMILES string of the molecule is Cc1cccc(C(=O)NC(CCS(C)(=O)=O)C(=O)O)c1F. The fraction of sp³-hybridized carbons (Fsp3) is 0.385. The lowest BCUT2D eigenvalue weighted by Crippen LogP contribution is -2.42. The molecule has 0 aliphatic rings. The molecular formula is C13H16FNO5S. The summed E-state index contributed by atoms with van der Waals surface area (Å²) >= 11 is 0. The van der Waals surface area contributed by atoms with Crippen LogP contribution in [-0.2, 0) is 14.6 Å². The summed E-state index contributed by atoms with van der Waals surface area (Å²) in [5.41, 5.74) is -0.0220. The molecule has 1 rings (SSSR count). The smallest absolute Gasteiger partial charge is 0.326 e. The van der Waals surface area contributed by atoms with Crippen molar-refractivity contribution < 1.29 is 27.5 Å². The van der Waals surface area contributed by atoms with E-state index < -0.39 is 33.6 Å². The summed E-state index contributed by atoms with van der Waals surface area (Å²) in [5, 5.41) is 11.1. The average Bonchev–Trinajstić information content (AvgIpc) is 2.36. The molecule has 0 heterocycles. The summed E-state index contributed by atoms with van der Waals surface area (Å²) in [6, 6.07) is 2.78. The van der Waals surface area contributed by atoms with Gasteiger partial charge in [0.25, 0.3) is 5.91 Å². The fourth-order valence-corrected chi connectivity index (χ4v) is 2.31. The van der Waals surface area contributed by atoms with Gasteiger partial charge in [-0.25, -0.2) is 17.6 Å². The van der Waals surface area contributed by atoms with Gasteiger partial charge in [0.1, 0.15) is 21.7 Å². The summed E-state index contributed by atoms with van der Waals surface area (Å²) in [6.07, 6.45) is 0.682. The van der Waals surface area contributed by atoms with Crippen molar-refractivity contribution in [3.63, 3.8) is 0 Å². The third-order valence-corrected chi connectivity index (χ3v) is 3.79. The number of nitrogens with one attached hydrogen (secondary N) is 1. The van der Waals surface area contributed by atoms with Crippen molar-refractivity contribution in [2.75, 3.05) is 12.0 Å². The van der Waals surface area contributed by atoms with E-state index in [1.165, 1.54) is 25.1 Å². The van der Waals surface area contributed by atoms with Crippen LogP contribution < -0.4 is 5.32 Å². The van der Waals surface area contributed by atoms with Crippen molar-refractivity contribution >= 4 is 21.7 Å². The second-order valence-corrected chi connectivity index (χ2v) is 6.98. The highest BCUT2D eigenvalue weighted by molar-refractivity contribution is 7.90. The van der Waals surface area contributed by atoms with Crippen LogP contribution in [0.5, 0.6) is 0 Å². The molecule has 1 atom stereocenters. The minimum absolute atomic E-state index is 0.255. The Hall–Kier alpha value is -1.96. The molecule has 0 spiro atoms. The van der Waals surface area contributed by atoms with Crippen LogP contribution in [0.15, 0.2) is 18.2 Å². The van der Waals surface area contributed by atoms with E-state index in [1.54, 1.807) is 0 Å². The topological polar surface area (TPSA) is 101 Å². The van der Waals surface area contributed by atoms with Crippen molar-refractivity contribution in [3.05, 3.63) is 35.1 Å². The Bertz CT molecular complexity index is 657. The van der Waals surface area contributed by atoms with E-state index in [9.17, 15) is 22.4 Å². The maximum atomic E-state index is 13.8. The van der Waals surface area contributed by atoms with Gasteiger partial charge < -0.3 is 10.4 Å². The van der Waals surface area contributed by atoms with E-state index in [0.29, 0.717) is 0 Å². The normalized spacial score (nSPS) is 12.7. The number of sulfone groups is 1. The van der Waals surface area contributed by atoms with Crippen LogP contribution in [0.4, 0.5) is 4.39 Å². The first-order valence-corrected chi connectivity index (χ1v) is 8.14. The van der Waals surface area contributed by atoms with Gasteiger partial charge in [-0.2, -0.15) is 0 Å². The summed E-state index contributed by atoms with van der Waals surface area (Å²) in [4.78, 5) is 22.9. The van der Waals surface area contributed by atoms with Gasteiger partial charge in [-0.1, -0.05) is 12.1 Å². The molecule has 0 aliphatic carbocycles. The highest BCUT2D eigenvalue weighted by Crippen LogP contribution is 2.12. The van der Waals surface area contributed by atoms with Crippen LogP contribution in [-0.4, -0.2) is 43.5 Å². The van der Waals surface area contributed by atoms with Gasteiger partial charge in [-0.15, -0.1) is 0 Å². The van der Waals surface area contributed by atoms with Crippen LogP contribution >= 0.6 is 0 Å². The predicted octanol–water partition coefficient (Wildman–Crippen LogP) is 0.752. The molecule has 0 radical (unpaired) electrons. The predicted molar refractivity (Wildman–Crippen MR) is 74.4 cm³/mol. The zero-order valence-electron chi connectivity index (χ0n) is 11.6. The molecule has 1 aromatic carbocycles. The van der Waals surface area contributed by atoms with Crippen molar-refractivity contribution in [2.45, 2.75) is 19.4 Å². The number of aryl methyl sites for hydroxylation is 1. The number of rotatable bonds is 6. The lowest BCUT2D eigenvalue weighted by Gasteiger charge is -2.14. The summed E-state index contributed by atoms with van der Waals surface area (Å²) < 4.78 is 35.9. The lowest BCUT2D eigenvalue weighted by molar-refractivity contribution is -0.139. The number of carbonyl (C=O) groups excluding carboxylic acids is 1. The molecule has 116 valence electrons. The van der Waals surface area contributed by atoms with E-state index in [1.807, 2.05) is 0 Å². The number of benzene rings is 1. The van der Waals surface area contributed by atoms with Crippen molar-refractivity contribution in [1.82, 2.24) is 5.32 Å². The molecule has 2 N–H and O–H groups in total. The Morgan fingerprint density at radius 3 is 2.52 bits per heavy atom. The number of hydrogen-bond donors (Lipinski definition) is 2. The molecule has 6 nitrogen and oxygen atoms in total. The van der Waals surface area contributed by atoms with Crippen molar-refractivity contribution in [3.8, 4) is 0 Å². The molecule has 0 bridgehead atoms. The Morgan fingerprint density at radius 1 is 1.38 bits per heavy atom. The zero-order chi connectivity index (χ0) is 16.2. The van der Waals surface area contributed by atoms with Gasteiger partial charge >= 0.3 is 5.97 Å². The summed E-state index contributed by atoms with van der Waals surface area (Å²) in [5.74, 6) is -3.39. The molecule has 0 aromatic heterocycles. The van der Waals surface area contributed by atoms with Gasteiger partial charge in [-0.05, 0) is 25.0 Å². The largest absolute Gasteiger partial charge is 0.480 e. The number of carboxylic acid groups (broad SMARTS) is 1. The summed E-state index contributed by atoms with van der Waals surface area (Å²) in [6.45, 7) is 1.48. The molecule has 0 aliphatic heterocycles. The molecule has 1 amide bonds. The third kappa shape index (κ3) is 5.14. The molecule has 0 saturated heterocycles. The van der Waals surface area contributed by atoms with Crippen LogP contribution in [0, 0.1) is 12.7 Å². The maximum absolute atomic E-state index is 13.8. The van der Waals surface area contributed by atoms with Gasteiger partial charge in [0.05, 0.1) is 11.3 Å². The van der Waals surface area contributed by atoms with E-state index in [4.69, 9.17) is 5.11 Å². The molecule has 1 aromatic rings. The van der Waals surface area contributed by atoms with Crippen molar-refractivity contribution in [1.29, 1.82) is 0 Å². The van der Waals surface area contributed by atoms with E-state index in [2.05, 4.69) is 5.32 Å². The summed E-state index contributed by atoms with van der Waals surface area (Å²) in [7, 11) is -3.36. The third-order valence-electron chi connectivity index (χ3n) is 2.82. The van der Waals surface area contributed by atoms with Gasteiger partial charge in [-0.3, -0.25) is 4.79 Å². The minimum atomic E-state index is -3.36. The average molecular weight is 317 g/mol. The number of amides is 1. The first-order chi connectivity index (χ1) is 9.61. The number of carbonyl (C=O) groups is 2. The first-order valence-electron chi connectivity index (χ1n) is 6.08. The zero-order valence-corrected chi connectivity index (χ0v) is 12.4. The Kier molecular flexibility index (Phi) is 5.42. The molecule has 8 heteroatoms. The molecule has 1 unspecified atom stereocenters. The Labute approximate surface area is 121 Å². The van der Waals surface area contributed by atoms with Gasteiger partial charge in [0.15, 0.2) is 0 Å². The monoisotopic (exact) mass is 317 g/mol. The molecule has 21 heavy (non-hydrogen) atoms. The van der Waals surface area contributed by atoms with Crippen LogP contribution in [0.3, 0.4) is 0 Å². The second-order valence-electron chi connectivity index (χ2n) is 4.72. The van der Waals surface area contributed by atoms with Gasteiger partial charge in [0.2, 0.25) is 0 Å². The maximum Gasteiger partial charge on any atom is 0.326 e. The quantitative estimate of drug-likeness (QED) is 0.806. The lowest BCUT2D eigenvalue weighted by atomic mass is 10.1. The Balaban J connectivity index is 2.86. The molecule has 0 saturated carbocycles. The highest BCUT2D eigenvalue weighted by Gasteiger charge is 2.23. The fourth-order valence-electron chi connectivity index (χ4n) is 1.65. The van der Waals surface area contributed by atoms with E-state index >= 15 is 0 Å².